The molecule has 0 atom stereocenters. The smallest absolute Gasteiger partial charge is 0.263 e. The summed E-state index contributed by atoms with van der Waals surface area (Å²) < 4.78 is 7.80. The predicted octanol–water partition coefficient (Wildman–Crippen LogP) is 3.30. The Morgan fingerprint density at radius 3 is 2.79 bits per heavy atom. The van der Waals surface area contributed by atoms with E-state index in [-0.39, 0.29) is 22.6 Å². The van der Waals surface area contributed by atoms with Gasteiger partial charge in [-0.3, -0.25) is 9.59 Å². The second-order valence-corrected chi connectivity index (χ2v) is 8.56. The predicted molar refractivity (Wildman–Crippen MR) is 110 cm³/mol. The van der Waals surface area contributed by atoms with Crippen molar-refractivity contribution in [1.82, 2.24) is 9.47 Å². The molecular formula is C22H22N2O3S. The van der Waals surface area contributed by atoms with Crippen LogP contribution in [0, 0.1) is 0 Å². The molecule has 5 nitrogen and oxygen atoms in total. The average molecular weight is 394 g/mol. The minimum absolute atomic E-state index is 0.177. The fourth-order valence-electron chi connectivity index (χ4n) is 4.54. The molecule has 2 aromatic heterocycles. The minimum atomic E-state index is -0.257. The monoisotopic (exact) mass is 394 g/mol. The summed E-state index contributed by atoms with van der Waals surface area (Å²) in [6.45, 7) is 1.95. The molecule has 3 aromatic rings. The minimum Gasteiger partial charge on any atom is -0.369 e. The first-order chi connectivity index (χ1) is 13.6. The van der Waals surface area contributed by atoms with E-state index in [9.17, 15) is 9.59 Å². The van der Waals surface area contributed by atoms with Gasteiger partial charge in [0.2, 0.25) is 0 Å². The zero-order chi connectivity index (χ0) is 19.3. The Bertz CT molecular complexity index is 1120. The van der Waals surface area contributed by atoms with E-state index in [1.54, 1.807) is 29.0 Å². The zero-order valence-corrected chi connectivity index (χ0v) is 16.6. The van der Waals surface area contributed by atoms with Gasteiger partial charge in [-0.2, -0.15) is 0 Å². The number of carbonyl (C=O) groups excluding carboxylic acids is 1. The van der Waals surface area contributed by atoms with Gasteiger partial charge in [0.1, 0.15) is 11.2 Å². The second-order valence-electron chi connectivity index (χ2n) is 7.64. The third-order valence-electron chi connectivity index (χ3n) is 6.13. The molecule has 2 aliphatic heterocycles. The van der Waals surface area contributed by atoms with E-state index >= 15 is 0 Å². The van der Waals surface area contributed by atoms with Crippen LogP contribution in [0.15, 0.2) is 46.6 Å². The first-order valence-corrected chi connectivity index (χ1v) is 10.6. The highest BCUT2D eigenvalue weighted by molar-refractivity contribution is 7.10. The van der Waals surface area contributed by atoms with Crippen LogP contribution in [0.3, 0.4) is 0 Å². The van der Waals surface area contributed by atoms with Gasteiger partial charge in [0.05, 0.1) is 12.1 Å². The fourth-order valence-corrected chi connectivity index (χ4v) is 5.71. The van der Waals surface area contributed by atoms with Crippen molar-refractivity contribution in [2.75, 3.05) is 19.7 Å². The van der Waals surface area contributed by atoms with Gasteiger partial charge >= 0.3 is 0 Å². The number of fused-ring (bicyclic) bond motifs is 3. The lowest BCUT2D eigenvalue weighted by Gasteiger charge is -2.43. The van der Waals surface area contributed by atoms with Crippen LogP contribution in [0.4, 0.5) is 0 Å². The number of ether oxygens (including phenoxy) is 1. The van der Waals surface area contributed by atoms with E-state index in [1.165, 1.54) is 10.4 Å². The van der Waals surface area contributed by atoms with Crippen molar-refractivity contribution >= 4 is 28.1 Å². The van der Waals surface area contributed by atoms with Crippen LogP contribution in [0.2, 0.25) is 0 Å². The lowest BCUT2D eigenvalue weighted by molar-refractivity contribution is -0.0906. The molecule has 4 heterocycles. The Kier molecular flexibility index (Phi) is 4.14. The lowest BCUT2D eigenvalue weighted by atomic mass is 9.85. The summed E-state index contributed by atoms with van der Waals surface area (Å²) >= 11 is 1.76. The molecule has 1 aromatic carbocycles. The van der Waals surface area contributed by atoms with Gasteiger partial charge in [0.25, 0.3) is 11.5 Å². The van der Waals surface area contributed by atoms with Gasteiger partial charge in [-0.15, -0.1) is 11.3 Å². The number of benzene rings is 1. The number of piperidine rings is 1. The number of amides is 1. The molecule has 1 saturated heterocycles. The van der Waals surface area contributed by atoms with Gasteiger partial charge < -0.3 is 14.2 Å². The Morgan fingerprint density at radius 1 is 1.18 bits per heavy atom. The molecule has 6 heteroatoms. The SMILES string of the molecule is Cn1c(=O)c(C(=O)N2CCC3(CC2)OCCc2ccsc23)cc2ccccc21. The summed E-state index contributed by atoms with van der Waals surface area (Å²) in [6.07, 6.45) is 2.52. The van der Waals surface area contributed by atoms with Crippen LogP contribution in [0.1, 0.15) is 33.6 Å². The summed E-state index contributed by atoms with van der Waals surface area (Å²) in [7, 11) is 1.72. The van der Waals surface area contributed by atoms with Crippen molar-refractivity contribution in [2.24, 2.45) is 7.05 Å². The van der Waals surface area contributed by atoms with Crippen molar-refractivity contribution < 1.29 is 9.53 Å². The van der Waals surface area contributed by atoms with Crippen molar-refractivity contribution in [2.45, 2.75) is 24.9 Å². The summed E-state index contributed by atoms with van der Waals surface area (Å²) in [4.78, 5) is 29.1. The molecule has 28 heavy (non-hydrogen) atoms. The third kappa shape index (κ3) is 2.63. The standard InChI is InChI=1S/C22H22N2O3S/c1-23-18-5-3-2-4-16(18)14-17(20(23)25)21(26)24-10-8-22(9-11-24)19-15(6-12-27-22)7-13-28-19/h2-5,7,13-14H,6,8-12H2,1H3. The first kappa shape index (κ1) is 17.6. The third-order valence-corrected chi connectivity index (χ3v) is 7.27. The molecule has 0 saturated carbocycles. The van der Waals surface area contributed by atoms with Gasteiger partial charge in [0.15, 0.2) is 0 Å². The number of likely N-dealkylation sites (tertiary alicyclic amines) is 1. The van der Waals surface area contributed by atoms with Gasteiger partial charge in [-0.25, -0.2) is 0 Å². The molecule has 2 aliphatic rings. The first-order valence-electron chi connectivity index (χ1n) is 9.68. The Morgan fingerprint density at radius 2 is 1.96 bits per heavy atom. The zero-order valence-electron chi connectivity index (χ0n) is 15.8. The molecule has 1 spiro atoms. The average Bonchev–Trinajstić information content (AvgIpc) is 3.21. The summed E-state index contributed by atoms with van der Waals surface area (Å²) in [5.74, 6) is -0.177. The van der Waals surface area contributed by atoms with E-state index in [1.807, 2.05) is 29.2 Å². The molecule has 1 fully saturated rings. The number of hydrogen-bond donors (Lipinski definition) is 0. The molecule has 1 amide bonds. The summed E-state index contributed by atoms with van der Waals surface area (Å²) in [5.41, 5.74) is 1.98. The maximum atomic E-state index is 13.2. The molecule has 0 N–H and O–H groups in total. The number of aromatic nitrogens is 1. The molecule has 0 radical (unpaired) electrons. The van der Waals surface area contributed by atoms with E-state index in [4.69, 9.17) is 4.74 Å². The number of nitrogens with zero attached hydrogens (tertiary/aromatic N) is 2. The maximum absolute atomic E-state index is 13.2. The number of para-hydroxylation sites is 1. The largest absolute Gasteiger partial charge is 0.369 e. The number of thiophene rings is 1. The van der Waals surface area contributed by atoms with Gasteiger partial charge in [-0.05, 0) is 53.8 Å². The quantitative estimate of drug-likeness (QED) is 0.636. The van der Waals surface area contributed by atoms with E-state index in [0.717, 1.165) is 36.8 Å². The summed E-state index contributed by atoms with van der Waals surface area (Å²) in [6, 6.07) is 11.6. The molecule has 144 valence electrons. The van der Waals surface area contributed by atoms with Crippen LogP contribution in [-0.2, 0) is 23.8 Å². The van der Waals surface area contributed by atoms with Crippen molar-refractivity contribution in [3.05, 3.63) is 68.1 Å². The van der Waals surface area contributed by atoms with Crippen molar-refractivity contribution in [3.8, 4) is 0 Å². The highest BCUT2D eigenvalue weighted by atomic mass is 32.1. The van der Waals surface area contributed by atoms with E-state index in [2.05, 4.69) is 11.4 Å². The molecule has 5 rings (SSSR count). The van der Waals surface area contributed by atoms with Crippen molar-refractivity contribution in [3.63, 3.8) is 0 Å². The fraction of sp³-hybridized carbons (Fsp3) is 0.364. The van der Waals surface area contributed by atoms with Crippen LogP contribution < -0.4 is 5.56 Å². The van der Waals surface area contributed by atoms with E-state index < -0.39 is 0 Å². The highest BCUT2D eigenvalue weighted by Gasteiger charge is 2.42. The molecule has 0 aliphatic carbocycles. The van der Waals surface area contributed by atoms with Crippen LogP contribution >= 0.6 is 11.3 Å². The topological polar surface area (TPSA) is 51.5 Å². The Labute approximate surface area is 167 Å². The van der Waals surface area contributed by atoms with E-state index in [0.29, 0.717) is 13.1 Å². The Balaban J connectivity index is 1.42. The van der Waals surface area contributed by atoms with Gasteiger partial charge in [0, 0.05) is 25.0 Å². The number of carbonyl (C=O) groups is 1. The van der Waals surface area contributed by atoms with Crippen LogP contribution in [-0.4, -0.2) is 35.1 Å². The van der Waals surface area contributed by atoms with Crippen molar-refractivity contribution in [1.29, 1.82) is 0 Å². The Hall–Kier alpha value is -2.44. The highest BCUT2D eigenvalue weighted by Crippen LogP contribution is 2.44. The van der Waals surface area contributed by atoms with Gasteiger partial charge in [-0.1, -0.05) is 18.2 Å². The second kappa shape index (κ2) is 6.57. The normalized spacial score (nSPS) is 18.4. The van der Waals surface area contributed by atoms with Crippen LogP contribution in [0.5, 0.6) is 0 Å². The van der Waals surface area contributed by atoms with Crippen LogP contribution in [0.25, 0.3) is 10.9 Å². The number of hydrogen-bond acceptors (Lipinski definition) is 4. The number of aryl methyl sites for hydroxylation is 1. The maximum Gasteiger partial charge on any atom is 0.263 e. The summed E-state index contributed by atoms with van der Waals surface area (Å²) in [5, 5.41) is 3.04. The molecular weight excluding hydrogens is 372 g/mol. The number of rotatable bonds is 1. The molecule has 0 bridgehead atoms. The number of pyridine rings is 1. The lowest BCUT2D eigenvalue weighted by Crippen LogP contribution is -2.48. The molecule has 0 unspecified atom stereocenters.